The van der Waals surface area contributed by atoms with Gasteiger partial charge in [-0.15, -0.1) is 0 Å². The second-order valence-electron chi connectivity index (χ2n) is 13.2. The molecule has 1 saturated carbocycles. The Hall–Kier alpha value is -3.64. The number of nitrogens with zero attached hydrogens (tertiary/aromatic N) is 2. The van der Waals surface area contributed by atoms with Gasteiger partial charge in [-0.25, -0.2) is 14.0 Å². The second kappa shape index (κ2) is 13.0. The number of aromatic carboxylic acids is 1. The number of hydrogen-bond acceptors (Lipinski definition) is 7. The number of amides is 2. The third-order valence-electron chi connectivity index (χ3n) is 8.67. The standard InChI is InChI=1S/C32H41ClFN5O6/c1-32(2,3)45-31(44)37-24(8-4-5-12-35)29(41)36-23-9-6-7-17-14-38(15-20(17)23)27-22(34)13-19-26(25(27)33)39(18-10-11-18)16-21(28(19)40)30(42)43/h6,9,13,16-18,20,23-24H,4-5,7-8,10-12,14-15,35H2,1-3H3,(H,36,41)(H,37,44)(H,42,43)/t17?,20?,23?,24-/m0/s1. The van der Waals surface area contributed by atoms with Gasteiger partial charge in [0.05, 0.1) is 27.7 Å². The number of unbranched alkanes of at least 4 members (excludes halogenated alkanes) is 1. The Kier molecular flexibility index (Phi) is 9.46. The first-order valence-electron chi connectivity index (χ1n) is 15.5. The Labute approximate surface area is 265 Å². The molecule has 13 heteroatoms. The number of rotatable bonds is 10. The number of allylic oxidation sites excluding steroid dienone is 1. The van der Waals surface area contributed by atoms with Gasteiger partial charge in [0, 0.05) is 31.2 Å². The Morgan fingerprint density at radius 3 is 2.60 bits per heavy atom. The Bertz CT molecular complexity index is 1580. The molecule has 1 aliphatic heterocycles. The fourth-order valence-electron chi connectivity index (χ4n) is 6.42. The number of carbonyl (C=O) groups is 3. The highest BCUT2D eigenvalue weighted by atomic mass is 35.5. The summed E-state index contributed by atoms with van der Waals surface area (Å²) in [6.07, 6.45) is 8.63. The predicted molar refractivity (Wildman–Crippen MR) is 169 cm³/mol. The molecule has 0 spiro atoms. The number of pyridine rings is 1. The topological polar surface area (TPSA) is 156 Å². The van der Waals surface area contributed by atoms with Crippen LogP contribution in [-0.2, 0) is 9.53 Å². The summed E-state index contributed by atoms with van der Waals surface area (Å²) in [6.45, 7) is 6.57. The minimum Gasteiger partial charge on any atom is -0.477 e. The van der Waals surface area contributed by atoms with E-state index in [9.17, 15) is 24.3 Å². The first-order chi connectivity index (χ1) is 21.3. The number of halogens is 2. The van der Waals surface area contributed by atoms with Gasteiger partial charge in [0.15, 0.2) is 0 Å². The Morgan fingerprint density at radius 2 is 1.96 bits per heavy atom. The Morgan fingerprint density at radius 1 is 1.22 bits per heavy atom. The third kappa shape index (κ3) is 7.12. The summed E-state index contributed by atoms with van der Waals surface area (Å²) in [7, 11) is 0. The molecule has 244 valence electrons. The average Bonchev–Trinajstić information content (AvgIpc) is 3.70. The van der Waals surface area contributed by atoms with Crippen molar-refractivity contribution in [3.8, 4) is 0 Å². The maximum Gasteiger partial charge on any atom is 0.408 e. The van der Waals surface area contributed by atoms with Crippen LogP contribution < -0.4 is 26.7 Å². The first kappa shape index (κ1) is 32.7. The van der Waals surface area contributed by atoms with Crippen LogP contribution in [0, 0.1) is 17.7 Å². The molecule has 2 aliphatic carbocycles. The SMILES string of the molecule is CC(C)(C)OC(=O)N[C@@H](CCCCN)C(=O)NC1C=CCC2CN(c3c(F)cc4c(=O)c(C(=O)O)cn(C5CC5)c4c3Cl)CC21. The lowest BCUT2D eigenvalue weighted by Crippen LogP contribution is -2.53. The van der Waals surface area contributed by atoms with Crippen molar-refractivity contribution in [1.82, 2.24) is 15.2 Å². The first-order valence-corrected chi connectivity index (χ1v) is 15.9. The summed E-state index contributed by atoms with van der Waals surface area (Å²) in [5.74, 6) is -2.41. The molecule has 5 N–H and O–H groups in total. The maximum atomic E-state index is 15.8. The van der Waals surface area contributed by atoms with Crippen molar-refractivity contribution >= 4 is 46.2 Å². The summed E-state index contributed by atoms with van der Waals surface area (Å²) >= 11 is 6.89. The second-order valence-corrected chi connectivity index (χ2v) is 13.6. The number of nitrogens with one attached hydrogen (secondary N) is 2. The van der Waals surface area contributed by atoms with Crippen molar-refractivity contribution in [3.63, 3.8) is 0 Å². The summed E-state index contributed by atoms with van der Waals surface area (Å²) in [6, 6.07) is -0.111. The molecule has 1 aromatic carbocycles. The van der Waals surface area contributed by atoms with E-state index >= 15 is 4.39 Å². The molecule has 2 heterocycles. The zero-order valence-corrected chi connectivity index (χ0v) is 26.5. The molecule has 0 bridgehead atoms. The van der Waals surface area contributed by atoms with Crippen molar-refractivity contribution in [1.29, 1.82) is 0 Å². The highest BCUT2D eigenvalue weighted by molar-refractivity contribution is 6.38. The van der Waals surface area contributed by atoms with Crippen LogP contribution in [0.4, 0.5) is 14.9 Å². The molecule has 5 rings (SSSR count). The molecule has 2 amide bonds. The molecule has 1 aromatic heterocycles. The van der Waals surface area contributed by atoms with Crippen LogP contribution in [0.3, 0.4) is 0 Å². The van der Waals surface area contributed by atoms with Gasteiger partial charge < -0.3 is 35.7 Å². The molecule has 45 heavy (non-hydrogen) atoms. The quantitative estimate of drug-likeness (QED) is 0.220. The predicted octanol–water partition coefficient (Wildman–Crippen LogP) is 4.35. The van der Waals surface area contributed by atoms with Gasteiger partial charge in [-0.2, -0.15) is 0 Å². The fraction of sp³-hybridized carbons (Fsp3) is 0.562. The van der Waals surface area contributed by atoms with Crippen molar-refractivity contribution in [2.45, 2.75) is 83.0 Å². The molecule has 1 saturated heterocycles. The molecule has 11 nitrogen and oxygen atoms in total. The minimum absolute atomic E-state index is 0.0148. The smallest absolute Gasteiger partial charge is 0.408 e. The number of aromatic nitrogens is 1. The van der Waals surface area contributed by atoms with E-state index in [1.165, 1.54) is 6.20 Å². The lowest BCUT2D eigenvalue weighted by molar-refractivity contribution is -0.124. The van der Waals surface area contributed by atoms with Crippen molar-refractivity contribution in [3.05, 3.63) is 51.0 Å². The number of anilines is 1. The van der Waals surface area contributed by atoms with Gasteiger partial charge in [0.2, 0.25) is 11.3 Å². The van der Waals surface area contributed by atoms with Gasteiger partial charge in [-0.3, -0.25) is 9.59 Å². The van der Waals surface area contributed by atoms with E-state index in [1.807, 2.05) is 17.1 Å². The van der Waals surface area contributed by atoms with Crippen LogP contribution >= 0.6 is 11.6 Å². The van der Waals surface area contributed by atoms with E-state index in [0.717, 1.165) is 25.3 Å². The van der Waals surface area contributed by atoms with Crippen molar-refractivity contribution < 1.29 is 28.6 Å². The summed E-state index contributed by atoms with van der Waals surface area (Å²) in [5, 5.41) is 15.4. The van der Waals surface area contributed by atoms with E-state index in [-0.39, 0.29) is 45.9 Å². The number of benzene rings is 1. The van der Waals surface area contributed by atoms with Gasteiger partial charge in [0.25, 0.3) is 0 Å². The zero-order valence-electron chi connectivity index (χ0n) is 25.8. The highest BCUT2D eigenvalue weighted by Gasteiger charge is 2.42. The number of carboxylic acids is 1. The van der Waals surface area contributed by atoms with Gasteiger partial charge in [-0.1, -0.05) is 23.8 Å². The molecule has 3 unspecified atom stereocenters. The highest BCUT2D eigenvalue weighted by Crippen LogP contribution is 2.44. The zero-order chi connectivity index (χ0) is 32.6. The number of ether oxygens (including phenoxy) is 1. The van der Waals surface area contributed by atoms with E-state index in [4.69, 9.17) is 22.1 Å². The molecule has 4 atom stereocenters. The van der Waals surface area contributed by atoms with E-state index < -0.39 is 40.5 Å². The van der Waals surface area contributed by atoms with Gasteiger partial charge in [0.1, 0.15) is 23.0 Å². The normalized spacial score (nSPS) is 21.8. The van der Waals surface area contributed by atoms with Crippen LogP contribution in [0.25, 0.3) is 10.9 Å². The van der Waals surface area contributed by atoms with Crippen molar-refractivity contribution in [2.24, 2.45) is 17.6 Å². The summed E-state index contributed by atoms with van der Waals surface area (Å²) < 4.78 is 22.9. The monoisotopic (exact) mass is 645 g/mol. The number of alkyl carbamates (subject to hydrolysis) is 1. The fourth-order valence-corrected chi connectivity index (χ4v) is 6.83. The van der Waals surface area contributed by atoms with Crippen LogP contribution in [0.2, 0.25) is 5.02 Å². The van der Waals surface area contributed by atoms with Crippen molar-refractivity contribution in [2.75, 3.05) is 24.5 Å². The van der Waals surface area contributed by atoms with Crippen LogP contribution in [0.5, 0.6) is 0 Å². The molecule has 3 aliphatic rings. The lowest BCUT2D eigenvalue weighted by atomic mass is 9.82. The summed E-state index contributed by atoms with van der Waals surface area (Å²) in [4.78, 5) is 52.6. The molecule has 0 radical (unpaired) electrons. The van der Waals surface area contributed by atoms with Gasteiger partial charge >= 0.3 is 12.1 Å². The Balaban J connectivity index is 1.38. The molecule has 2 fully saturated rings. The lowest BCUT2D eigenvalue weighted by Gasteiger charge is -2.31. The van der Waals surface area contributed by atoms with E-state index in [2.05, 4.69) is 10.6 Å². The number of carboxylic acid groups (broad SMARTS) is 1. The summed E-state index contributed by atoms with van der Waals surface area (Å²) in [5.41, 5.74) is 4.22. The molecular weight excluding hydrogens is 605 g/mol. The molecular formula is C32H41ClFN5O6. The largest absolute Gasteiger partial charge is 0.477 e. The number of carbonyl (C=O) groups excluding carboxylic acids is 2. The van der Waals surface area contributed by atoms with Crippen LogP contribution in [0.1, 0.15) is 75.7 Å². The number of hydrogen-bond donors (Lipinski definition) is 4. The van der Waals surface area contributed by atoms with Crippen LogP contribution in [-0.4, -0.2) is 65.0 Å². The van der Waals surface area contributed by atoms with Crippen LogP contribution in [0.15, 0.2) is 29.2 Å². The third-order valence-corrected chi connectivity index (χ3v) is 9.03. The number of nitrogens with two attached hydrogens (primary N) is 1. The average molecular weight is 646 g/mol. The minimum atomic E-state index is -1.37. The number of fused-ring (bicyclic) bond motifs is 2. The molecule has 2 aromatic rings. The van der Waals surface area contributed by atoms with Gasteiger partial charge in [-0.05, 0) is 77.8 Å². The van der Waals surface area contributed by atoms with E-state index in [0.29, 0.717) is 44.4 Å². The van der Waals surface area contributed by atoms with E-state index in [1.54, 1.807) is 25.3 Å². The maximum absolute atomic E-state index is 15.8.